The Bertz CT molecular complexity index is 1250. The Morgan fingerprint density at radius 1 is 1.11 bits per heavy atom. The zero-order chi connectivity index (χ0) is 27.8. The average molecular weight is 544 g/mol. The predicted octanol–water partition coefficient (Wildman–Crippen LogP) is 3.03. The molecular weight excluding hydrogens is 510 g/mol. The largest absolute Gasteiger partial charge is 0.463 e. The minimum Gasteiger partial charge on any atom is -0.463 e. The van der Waals surface area contributed by atoms with Crippen LogP contribution in [-0.4, -0.2) is 55.5 Å². The first kappa shape index (κ1) is 28.9. The molecule has 2 aromatic carbocycles. The normalized spacial score (nSPS) is 18.3. The van der Waals surface area contributed by atoms with Crippen LogP contribution in [0.4, 0.5) is 4.79 Å². The second-order valence-corrected chi connectivity index (χ2v) is 10.7. The number of ether oxygens (including phenoxy) is 2. The van der Waals surface area contributed by atoms with Crippen LogP contribution in [0.2, 0.25) is 0 Å². The van der Waals surface area contributed by atoms with Gasteiger partial charge in [0.15, 0.2) is 0 Å². The van der Waals surface area contributed by atoms with E-state index in [0.717, 1.165) is 15.4 Å². The Hall–Kier alpha value is -3.70. The van der Waals surface area contributed by atoms with Crippen molar-refractivity contribution in [2.45, 2.75) is 56.3 Å². The highest BCUT2D eigenvalue weighted by atomic mass is 32.2. The van der Waals surface area contributed by atoms with Gasteiger partial charge >= 0.3 is 12.1 Å². The van der Waals surface area contributed by atoms with Crippen LogP contribution in [0.25, 0.3) is 0 Å². The number of hydrogen-bond acceptors (Lipinski definition) is 7. The molecule has 1 aliphatic heterocycles. The number of nitrogens with one attached hydrogen (secondary N) is 2. The van der Waals surface area contributed by atoms with Crippen LogP contribution in [0.15, 0.2) is 72.1 Å². The second-order valence-electron chi connectivity index (χ2n) is 8.85. The van der Waals surface area contributed by atoms with E-state index in [1.807, 2.05) is 13.0 Å². The molecule has 3 rings (SSSR count). The van der Waals surface area contributed by atoms with Gasteiger partial charge in [0, 0.05) is 6.54 Å². The fourth-order valence-electron chi connectivity index (χ4n) is 4.18. The molecule has 0 radical (unpaired) electrons. The fourth-order valence-corrected chi connectivity index (χ4v) is 5.91. The fraction of sp³-hybridized carbons (Fsp3) is 0.370. The Kier molecular flexibility index (Phi) is 9.65. The molecule has 0 aromatic heterocycles. The van der Waals surface area contributed by atoms with Crippen LogP contribution in [0.3, 0.4) is 0 Å². The number of amides is 2. The maximum Gasteiger partial charge on any atom is 0.408 e. The van der Waals surface area contributed by atoms with Gasteiger partial charge < -0.3 is 20.1 Å². The number of aryl methyl sites for hydroxylation is 1. The van der Waals surface area contributed by atoms with Gasteiger partial charge in [0.25, 0.3) is 0 Å². The summed E-state index contributed by atoms with van der Waals surface area (Å²) in [7, 11) is -4.19. The highest BCUT2D eigenvalue weighted by molar-refractivity contribution is 7.89. The van der Waals surface area contributed by atoms with E-state index in [1.165, 1.54) is 18.2 Å². The summed E-state index contributed by atoms with van der Waals surface area (Å²) in [6.07, 6.45) is 0.895. The molecule has 0 spiro atoms. The third kappa shape index (κ3) is 6.59. The number of alkyl carbamates (subject to hydrolysis) is 1. The molecule has 2 aromatic rings. The molecule has 38 heavy (non-hydrogen) atoms. The first-order valence-corrected chi connectivity index (χ1v) is 13.7. The van der Waals surface area contributed by atoms with E-state index < -0.39 is 39.7 Å². The van der Waals surface area contributed by atoms with Crippen molar-refractivity contribution in [3.05, 3.63) is 78.4 Å². The van der Waals surface area contributed by atoms with Crippen molar-refractivity contribution in [3.63, 3.8) is 0 Å². The first-order valence-electron chi connectivity index (χ1n) is 12.3. The third-order valence-electron chi connectivity index (χ3n) is 6.10. The smallest absolute Gasteiger partial charge is 0.408 e. The van der Waals surface area contributed by atoms with Crippen molar-refractivity contribution in [3.8, 4) is 0 Å². The SMILES string of the molecule is C=CC[C@H](NC(=O)OCc1ccccc1)C(=O)NC1(C(=O)OCC)CCCN1S(=O)(=O)c1ccc(C)cc1. The zero-order valence-electron chi connectivity index (χ0n) is 21.5. The molecule has 204 valence electrons. The third-order valence-corrected chi connectivity index (χ3v) is 8.04. The van der Waals surface area contributed by atoms with Gasteiger partial charge in [-0.2, -0.15) is 4.31 Å². The van der Waals surface area contributed by atoms with Crippen molar-refractivity contribution in [1.82, 2.24) is 14.9 Å². The van der Waals surface area contributed by atoms with E-state index in [2.05, 4.69) is 17.2 Å². The lowest BCUT2D eigenvalue weighted by Gasteiger charge is -2.36. The van der Waals surface area contributed by atoms with Crippen LogP contribution in [0, 0.1) is 6.92 Å². The van der Waals surface area contributed by atoms with Crippen LogP contribution >= 0.6 is 0 Å². The highest BCUT2D eigenvalue weighted by Crippen LogP contribution is 2.34. The van der Waals surface area contributed by atoms with Crippen molar-refractivity contribution in [2.24, 2.45) is 0 Å². The number of carbonyl (C=O) groups excluding carboxylic acids is 3. The van der Waals surface area contributed by atoms with Crippen molar-refractivity contribution >= 4 is 28.0 Å². The van der Waals surface area contributed by atoms with Crippen LogP contribution in [-0.2, 0) is 35.7 Å². The Labute approximate surface area is 223 Å². The molecule has 1 saturated heterocycles. The van der Waals surface area contributed by atoms with E-state index in [-0.39, 0.29) is 37.5 Å². The monoisotopic (exact) mass is 543 g/mol. The van der Waals surface area contributed by atoms with Crippen molar-refractivity contribution in [1.29, 1.82) is 0 Å². The summed E-state index contributed by atoms with van der Waals surface area (Å²) in [6.45, 7) is 7.01. The molecule has 1 heterocycles. The molecule has 2 amide bonds. The van der Waals surface area contributed by atoms with Gasteiger partial charge in [-0.1, -0.05) is 54.1 Å². The summed E-state index contributed by atoms with van der Waals surface area (Å²) >= 11 is 0. The number of benzene rings is 2. The molecule has 0 bridgehead atoms. The van der Waals surface area contributed by atoms with Crippen LogP contribution < -0.4 is 10.6 Å². The summed E-state index contributed by atoms with van der Waals surface area (Å²) in [6, 6.07) is 14.0. The first-order chi connectivity index (χ1) is 18.1. The second kappa shape index (κ2) is 12.7. The van der Waals surface area contributed by atoms with Gasteiger partial charge in [-0.3, -0.25) is 4.79 Å². The highest BCUT2D eigenvalue weighted by Gasteiger charge is 2.56. The average Bonchev–Trinajstić information content (AvgIpc) is 3.34. The number of nitrogens with zero attached hydrogens (tertiary/aromatic N) is 1. The molecule has 11 heteroatoms. The molecule has 1 fully saturated rings. The van der Waals surface area contributed by atoms with Gasteiger partial charge in [-0.25, -0.2) is 18.0 Å². The lowest BCUT2D eigenvalue weighted by atomic mass is 10.1. The lowest BCUT2D eigenvalue weighted by Crippen LogP contribution is -2.66. The Morgan fingerprint density at radius 2 is 1.79 bits per heavy atom. The molecule has 1 unspecified atom stereocenters. The maximum atomic E-state index is 13.6. The molecule has 2 N–H and O–H groups in total. The lowest BCUT2D eigenvalue weighted by molar-refractivity contribution is -0.158. The molecule has 10 nitrogen and oxygen atoms in total. The number of sulfonamides is 1. The number of esters is 1. The Morgan fingerprint density at radius 3 is 2.42 bits per heavy atom. The van der Waals surface area contributed by atoms with Crippen molar-refractivity contribution < 1.29 is 32.3 Å². The summed E-state index contributed by atoms with van der Waals surface area (Å²) in [5.74, 6) is -1.67. The van der Waals surface area contributed by atoms with E-state index in [1.54, 1.807) is 43.3 Å². The number of hydrogen-bond donors (Lipinski definition) is 2. The van der Waals surface area contributed by atoms with E-state index in [0.29, 0.717) is 6.42 Å². The Balaban J connectivity index is 1.84. The summed E-state index contributed by atoms with van der Waals surface area (Å²) in [4.78, 5) is 39.1. The van der Waals surface area contributed by atoms with Gasteiger partial charge in [-0.05, 0) is 50.8 Å². The van der Waals surface area contributed by atoms with Crippen molar-refractivity contribution in [2.75, 3.05) is 13.2 Å². The molecular formula is C27H33N3O7S. The molecule has 0 saturated carbocycles. The minimum atomic E-state index is -4.19. The molecule has 1 aliphatic rings. The quantitative estimate of drug-likeness (QED) is 0.329. The minimum absolute atomic E-state index is 0.00191. The summed E-state index contributed by atoms with van der Waals surface area (Å²) < 4.78 is 38.6. The van der Waals surface area contributed by atoms with Crippen LogP contribution in [0.1, 0.15) is 37.3 Å². The zero-order valence-corrected chi connectivity index (χ0v) is 22.3. The number of carbonyl (C=O) groups is 3. The standard InChI is InChI=1S/C27H33N3O7S/c1-4-10-23(28-26(33)37-19-21-11-7-6-8-12-21)24(31)29-27(25(32)36-5-2)17-9-18-30(27)38(34,35)22-15-13-20(3)14-16-22/h4,6-8,11-16,23H,1,5,9-10,17-19H2,2-3H3,(H,28,33)(H,29,31)/t23-,27?/m0/s1. The van der Waals surface area contributed by atoms with Gasteiger partial charge in [0.05, 0.1) is 11.5 Å². The van der Waals surface area contributed by atoms with Gasteiger partial charge in [0.1, 0.15) is 12.6 Å². The maximum absolute atomic E-state index is 13.6. The molecule has 0 aliphatic carbocycles. The predicted molar refractivity (Wildman–Crippen MR) is 140 cm³/mol. The number of rotatable bonds is 11. The topological polar surface area (TPSA) is 131 Å². The van der Waals surface area contributed by atoms with E-state index in [9.17, 15) is 22.8 Å². The van der Waals surface area contributed by atoms with E-state index >= 15 is 0 Å². The van der Waals surface area contributed by atoms with E-state index in [4.69, 9.17) is 9.47 Å². The van der Waals surface area contributed by atoms with Crippen LogP contribution in [0.5, 0.6) is 0 Å². The van der Waals surface area contributed by atoms with Gasteiger partial charge in [-0.15, -0.1) is 6.58 Å². The summed E-state index contributed by atoms with van der Waals surface area (Å²) in [5, 5.41) is 5.07. The summed E-state index contributed by atoms with van der Waals surface area (Å²) in [5.41, 5.74) is -0.351. The van der Waals surface area contributed by atoms with Gasteiger partial charge in [0.2, 0.25) is 21.6 Å². The molecule has 2 atom stereocenters.